The largest absolute Gasteiger partial charge is 0.337 e. The number of benzene rings is 1. The van der Waals surface area contributed by atoms with Crippen molar-refractivity contribution >= 4 is 5.91 Å². The van der Waals surface area contributed by atoms with Crippen molar-refractivity contribution < 1.29 is 4.79 Å². The maximum atomic E-state index is 13.1. The Morgan fingerprint density at radius 2 is 1.88 bits per heavy atom. The average Bonchev–Trinajstić information content (AvgIpc) is 2.97. The molecular formula is C22H27N3O. The van der Waals surface area contributed by atoms with Gasteiger partial charge in [-0.25, -0.2) is 0 Å². The molecule has 2 aromatic rings. The molecule has 0 bridgehead atoms. The molecule has 1 atom stereocenters. The van der Waals surface area contributed by atoms with Gasteiger partial charge in [-0.3, -0.25) is 14.7 Å². The number of nitrogens with zero attached hydrogens (tertiary/aromatic N) is 3. The lowest BCUT2D eigenvalue weighted by atomic mass is 9.81. The van der Waals surface area contributed by atoms with E-state index in [1.807, 2.05) is 36.7 Å². The van der Waals surface area contributed by atoms with E-state index in [0.717, 1.165) is 45.4 Å². The monoisotopic (exact) mass is 349 g/mol. The summed E-state index contributed by atoms with van der Waals surface area (Å²) >= 11 is 0. The van der Waals surface area contributed by atoms with Crippen LogP contribution in [-0.2, 0) is 11.3 Å². The molecule has 2 aliphatic heterocycles. The fourth-order valence-electron chi connectivity index (χ4n) is 4.79. The lowest BCUT2D eigenvalue weighted by Gasteiger charge is -2.44. The first-order chi connectivity index (χ1) is 12.7. The Labute approximate surface area is 155 Å². The van der Waals surface area contributed by atoms with E-state index in [1.165, 1.54) is 11.1 Å². The summed E-state index contributed by atoms with van der Waals surface area (Å²) in [6.45, 7) is 5.96. The molecule has 4 rings (SSSR count). The highest BCUT2D eigenvalue weighted by molar-refractivity contribution is 5.87. The van der Waals surface area contributed by atoms with Crippen LogP contribution < -0.4 is 0 Å². The van der Waals surface area contributed by atoms with Gasteiger partial charge < -0.3 is 4.90 Å². The summed E-state index contributed by atoms with van der Waals surface area (Å²) in [5.41, 5.74) is 2.48. The van der Waals surface area contributed by atoms with Gasteiger partial charge >= 0.3 is 0 Å². The Morgan fingerprint density at radius 3 is 2.54 bits per heavy atom. The van der Waals surface area contributed by atoms with Crippen molar-refractivity contribution in [2.75, 3.05) is 19.6 Å². The minimum Gasteiger partial charge on any atom is -0.337 e. The molecule has 0 radical (unpaired) electrons. The molecule has 1 aromatic heterocycles. The molecular weight excluding hydrogens is 322 g/mol. The Bertz CT molecular complexity index is 738. The molecule has 2 aliphatic rings. The second-order valence-corrected chi connectivity index (χ2v) is 7.61. The number of rotatable bonds is 4. The zero-order valence-corrected chi connectivity index (χ0v) is 15.5. The van der Waals surface area contributed by atoms with Crippen molar-refractivity contribution in [3.8, 4) is 0 Å². The first kappa shape index (κ1) is 17.2. The number of hydrogen-bond acceptors (Lipinski definition) is 3. The number of piperidine rings is 1. The van der Waals surface area contributed by atoms with Gasteiger partial charge in [-0.05, 0) is 43.4 Å². The molecule has 2 fully saturated rings. The molecule has 4 nitrogen and oxygen atoms in total. The molecule has 136 valence electrons. The fourth-order valence-corrected chi connectivity index (χ4v) is 4.79. The highest BCUT2D eigenvalue weighted by Gasteiger charge is 2.51. The smallest absolute Gasteiger partial charge is 0.230 e. The normalized spacial score (nSPS) is 22.9. The molecule has 0 aliphatic carbocycles. The summed E-state index contributed by atoms with van der Waals surface area (Å²) in [4.78, 5) is 22.0. The van der Waals surface area contributed by atoms with Crippen LogP contribution in [-0.4, -0.2) is 45.9 Å². The lowest BCUT2D eigenvalue weighted by Crippen LogP contribution is -2.52. The zero-order valence-electron chi connectivity index (χ0n) is 15.5. The van der Waals surface area contributed by atoms with Gasteiger partial charge in [0.15, 0.2) is 0 Å². The van der Waals surface area contributed by atoms with Crippen LogP contribution in [0.5, 0.6) is 0 Å². The SMILES string of the molecule is CCN1C(=O)[C@@H](c2ccccc2)CC12CCN(Cc1cccnc1)CC2. The third kappa shape index (κ3) is 3.14. The maximum Gasteiger partial charge on any atom is 0.230 e. The van der Waals surface area contributed by atoms with Crippen LogP contribution in [0.4, 0.5) is 0 Å². The summed E-state index contributed by atoms with van der Waals surface area (Å²) in [5.74, 6) is 0.348. The van der Waals surface area contributed by atoms with Crippen molar-refractivity contribution in [2.24, 2.45) is 0 Å². The molecule has 1 aromatic carbocycles. The topological polar surface area (TPSA) is 36.4 Å². The summed E-state index contributed by atoms with van der Waals surface area (Å²) < 4.78 is 0. The lowest BCUT2D eigenvalue weighted by molar-refractivity contribution is -0.133. The Balaban J connectivity index is 1.47. The van der Waals surface area contributed by atoms with E-state index in [-0.39, 0.29) is 11.5 Å². The standard InChI is InChI=1S/C22H27N3O/c1-2-25-21(26)20(19-8-4-3-5-9-19)15-22(25)10-13-24(14-11-22)17-18-7-6-12-23-16-18/h3-9,12,16,20H,2,10-11,13-15,17H2,1H3/t20-/m1/s1. The molecule has 2 saturated heterocycles. The van der Waals surface area contributed by atoms with Gasteiger partial charge in [0, 0.05) is 44.1 Å². The van der Waals surface area contributed by atoms with E-state index in [2.05, 4.69) is 39.9 Å². The van der Waals surface area contributed by atoms with Gasteiger partial charge in [-0.2, -0.15) is 0 Å². The number of carbonyl (C=O) groups is 1. The minimum absolute atomic E-state index is 0.0287. The Hall–Kier alpha value is -2.20. The number of aromatic nitrogens is 1. The number of pyridine rings is 1. The molecule has 0 N–H and O–H groups in total. The number of amides is 1. The van der Waals surface area contributed by atoms with Gasteiger partial charge in [0.1, 0.15) is 0 Å². The number of hydrogen-bond donors (Lipinski definition) is 0. The maximum absolute atomic E-state index is 13.1. The van der Waals surface area contributed by atoms with E-state index in [4.69, 9.17) is 0 Å². The number of carbonyl (C=O) groups excluding carboxylic acids is 1. The highest BCUT2D eigenvalue weighted by atomic mass is 16.2. The van der Waals surface area contributed by atoms with Crippen LogP contribution in [0.15, 0.2) is 54.9 Å². The van der Waals surface area contributed by atoms with E-state index in [9.17, 15) is 4.79 Å². The summed E-state index contributed by atoms with van der Waals surface area (Å²) in [5, 5.41) is 0. The van der Waals surface area contributed by atoms with Gasteiger partial charge in [-0.15, -0.1) is 0 Å². The van der Waals surface area contributed by atoms with Crippen LogP contribution in [0.25, 0.3) is 0 Å². The molecule has 0 saturated carbocycles. The van der Waals surface area contributed by atoms with Crippen molar-refractivity contribution in [1.82, 2.24) is 14.8 Å². The zero-order chi connectivity index (χ0) is 18.0. The molecule has 1 spiro atoms. The second-order valence-electron chi connectivity index (χ2n) is 7.61. The van der Waals surface area contributed by atoms with E-state index in [0.29, 0.717) is 5.91 Å². The third-order valence-corrected chi connectivity index (χ3v) is 6.15. The Kier molecular flexibility index (Phi) is 4.77. The molecule has 0 unspecified atom stereocenters. The minimum atomic E-state index is 0.0287. The molecule has 3 heterocycles. The van der Waals surface area contributed by atoms with Gasteiger partial charge in [0.2, 0.25) is 5.91 Å². The van der Waals surface area contributed by atoms with Gasteiger partial charge in [0.25, 0.3) is 0 Å². The van der Waals surface area contributed by atoms with Gasteiger partial charge in [0.05, 0.1) is 5.92 Å². The summed E-state index contributed by atoms with van der Waals surface area (Å²) in [7, 11) is 0. The highest BCUT2D eigenvalue weighted by Crippen LogP contribution is 2.45. The number of likely N-dealkylation sites (tertiary alicyclic amines) is 2. The summed E-state index contributed by atoms with van der Waals surface area (Å²) in [6.07, 6.45) is 6.87. The van der Waals surface area contributed by atoms with Crippen LogP contribution in [0.3, 0.4) is 0 Å². The van der Waals surface area contributed by atoms with Crippen molar-refractivity contribution in [2.45, 2.75) is 44.2 Å². The van der Waals surface area contributed by atoms with E-state index < -0.39 is 0 Å². The van der Waals surface area contributed by atoms with Crippen molar-refractivity contribution in [3.05, 3.63) is 66.0 Å². The molecule has 26 heavy (non-hydrogen) atoms. The number of likely N-dealkylation sites (N-methyl/N-ethyl adjacent to an activating group) is 1. The predicted molar refractivity (Wildman–Crippen MR) is 103 cm³/mol. The molecule has 1 amide bonds. The van der Waals surface area contributed by atoms with Crippen molar-refractivity contribution in [3.63, 3.8) is 0 Å². The van der Waals surface area contributed by atoms with Crippen LogP contribution in [0.2, 0.25) is 0 Å². The quantitative estimate of drug-likeness (QED) is 0.848. The van der Waals surface area contributed by atoms with E-state index in [1.54, 1.807) is 0 Å². The Morgan fingerprint density at radius 1 is 1.12 bits per heavy atom. The first-order valence-electron chi connectivity index (χ1n) is 9.69. The van der Waals surface area contributed by atoms with Gasteiger partial charge in [-0.1, -0.05) is 36.4 Å². The van der Waals surface area contributed by atoms with Crippen LogP contribution in [0, 0.1) is 0 Å². The first-order valence-corrected chi connectivity index (χ1v) is 9.69. The van der Waals surface area contributed by atoms with E-state index >= 15 is 0 Å². The summed E-state index contributed by atoms with van der Waals surface area (Å²) in [6, 6.07) is 14.5. The van der Waals surface area contributed by atoms with Crippen LogP contribution in [0.1, 0.15) is 43.2 Å². The molecule has 4 heteroatoms. The average molecular weight is 349 g/mol. The second kappa shape index (κ2) is 7.20. The predicted octanol–water partition coefficient (Wildman–Crippen LogP) is 3.45. The van der Waals surface area contributed by atoms with Crippen LogP contribution >= 0.6 is 0 Å². The van der Waals surface area contributed by atoms with Crippen molar-refractivity contribution in [1.29, 1.82) is 0 Å². The fraction of sp³-hybridized carbons (Fsp3) is 0.455. The third-order valence-electron chi connectivity index (χ3n) is 6.15.